The molecule has 0 aromatic rings. The summed E-state index contributed by atoms with van der Waals surface area (Å²) in [5.41, 5.74) is 0. The molecule has 0 aromatic heterocycles. The molecule has 3 N–H and O–H groups in total. The first-order valence-corrected chi connectivity index (χ1v) is 47.0. The van der Waals surface area contributed by atoms with Crippen molar-refractivity contribution in [3.63, 3.8) is 0 Å². The minimum atomic E-state index is -4.97. The Labute approximate surface area is 638 Å². The van der Waals surface area contributed by atoms with Gasteiger partial charge in [0.2, 0.25) is 0 Å². The van der Waals surface area contributed by atoms with Crippen molar-refractivity contribution >= 4 is 39.5 Å². The second-order valence-electron chi connectivity index (χ2n) is 31.3. The molecule has 0 spiro atoms. The van der Waals surface area contributed by atoms with E-state index in [1.165, 1.54) is 270 Å². The van der Waals surface area contributed by atoms with Crippen LogP contribution in [0.2, 0.25) is 0 Å². The Morgan fingerprint density at radius 1 is 0.279 bits per heavy atom. The minimum Gasteiger partial charge on any atom is -0.462 e. The first-order chi connectivity index (χ1) is 50.4. The molecular weight excluding hydrogens is 1350 g/mol. The van der Waals surface area contributed by atoms with Crippen molar-refractivity contribution < 1.29 is 80.2 Å². The monoisotopic (exact) mass is 1520 g/mol. The molecule has 0 saturated carbocycles. The van der Waals surface area contributed by atoms with E-state index in [-0.39, 0.29) is 25.7 Å². The van der Waals surface area contributed by atoms with Crippen molar-refractivity contribution in [1.29, 1.82) is 0 Å². The Kier molecular flexibility index (Phi) is 75.0. The molecule has 0 amide bonds. The van der Waals surface area contributed by atoms with E-state index < -0.39 is 97.5 Å². The molecule has 17 nitrogen and oxygen atoms in total. The predicted octanol–water partition coefficient (Wildman–Crippen LogP) is 25.8. The van der Waals surface area contributed by atoms with Crippen molar-refractivity contribution in [3.8, 4) is 0 Å². The molecule has 0 rings (SSSR count). The quantitative estimate of drug-likeness (QED) is 0.0222. The van der Waals surface area contributed by atoms with Crippen molar-refractivity contribution in [2.24, 2.45) is 11.8 Å². The van der Waals surface area contributed by atoms with Gasteiger partial charge in [-0.15, -0.1) is 0 Å². The molecule has 104 heavy (non-hydrogen) atoms. The van der Waals surface area contributed by atoms with Crippen LogP contribution in [0.4, 0.5) is 0 Å². The smallest absolute Gasteiger partial charge is 0.462 e. The number of phosphoric ester groups is 2. The van der Waals surface area contributed by atoms with Crippen LogP contribution in [0.25, 0.3) is 0 Å². The van der Waals surface area contributed by atoms with Gasteiger partial charge in [-0.3, -0.25) is 37.3 Å². The zero-order valence-electron chi connectivity index (χ0n) is 68.3. The fourth-order valence-corrected chi connectivity index (χ4v) is 14.8. The molecule has 0 aromatic carbocycles. The Balaban J connectivity index is 5.22. The van der Waals surface area contributed by atoms with Crippen molar-refractivity contribution in [2.75, 3.05) is 39.6 Å². The van der Waals surface area contributed by atoms with E-state index in [9.17, 15) is 43.2 Å². The van der Waals surface area contributed by atoms with Crippen LogP contribution in [0.15, 0.2) is 0 Å². The van der Waals surface area contributed by atoms with E-state index in [0.29, 0.717) is 25.7 Å². The molecule has 0 aliphatic heterocycles. The normalized spacial score (nSPS) is 14.1. The number of ether oxygens (including phenoxy) is 4. The second kappa shape index (κ2) is 76.4. The number of aliphatic hydroxyl groups is 1. The van der Waals surface area contributed by atoms with Gasteiger partial charge >= 0.3 is 39.5 Å². The summed E-state index contributed by atoms with van der Waals surface area (Å²) < 4.78 is 68.8. The van der Waals surface area contributed by atoms with Gasteiger partial charge in [-0.25, -0.2) is 9.13 Å². The van der Waals surface area contributed by atoms with Crippen LogP contribution >= 0.6 is 15.6 Å². The van der Waals surface area contributed by atoms with Gasteiger partial charge < -0.3 is 33.8 Å². The van der Waals surface area contributed by atoms with E-state index in [1.54, 1.807) is 0 Å². The van der Waals surface area contributed by atoms with Crippen molar-refractivity contribution in [3.05, 3.63) is 0 Å². The summed E-state index contributed by atoms with van der Waals surface area (Å²) in [6.07, 6.45) is 68.0. The highest BCUT2D eigenvalue weighted by atomic mass is 31.2. The second-order valence-corrected chi connectivity index (χ2v) is 34.2. The summed E-state index contributed by atoms with van der Waals surface area (Å²) >= 11 is 0. The molecule has 0 saturated heterocycles. The van der Waals surface area contributed by atoms with Gasteiger partial charge in [-0.05, 0) is 37.5 Å². The molecule has 19 heteroatoms. The molecule has 0 aliphatic rings. The number of aliphatic hydroxyl groups excluding tert-OH is 1. The molecular formula is C85H166O17P2. The average Bonchev–Trinajstić information content (AvgIpc) is 0.906. The highest BCUT2D eigenvalue weighted by Crippen LogP contribution is 2.45. The maximum Gasteiger partial charge on any atom is 0.472 e. The Hall–Kier alpha value is -1.94. The number of unbranched alkanes of at least 4 members (excludes halogenated alkanes) is 53. The SMILES string of the molecule is CCCCCCCCCCCCCCCCCCCCC(=O)OC[C@H](COP(=O)(O)OC[C@@H](O)COP(=O)(O)OC[C@@H](COC(=O)CCCCCCCCCCCCCC)OC(=O)CCCCCCCCCCCC(C)C)OC(=O)CCCCCCCCCCCCCCCCCCCCC(C)CC. The third-order valence-corrected chi connectivity index (χ3v) is 22.2. The Morgan fingerprint density at radius 2 is 0.490 bits per heavy atom. The summed E-state index contributed by atoms with van der Waals surface area (Å²) in [7, 11) is -9.92. The lowest BCUT2D eigenvalue weighted by atomic mass is 9.99. The first kappa shape index (κ1) is 102. The largest absolute Gasteiger partial charge is 0.472 e. The molecule has 0 fully saturated rings. The van der Waals surface area contributed by atoms with Gasteiger partial charge in [0, 0.05) is 25.7 Å². The van der Waals surface area contributed by atoms with Crippen LogP contribution in [0.3, 0.4) is 0 Å². The third-order valence-electron chi connectivity index (χ3n) is 20.3. The molecule has 0 heterocycles. The summed E-state index contributed by atoms with van der Waals surface area (Å²) in [4.78, 5) is 73.2. The number of phosphoric acid groups is 2. The van der Waals surface area contributed by atoms with E-state index >= 15 is 0 Å². The molecule has 0 aliphatic carbocycles. The Morgan fingerprint density at radius 3 is 0.731 bits per heavy atom. The lowest BCUT2D eigenvalue weighted by Crippen LogP contribution is -2.30. The molecule has 0 radical (unpaired) electrons. The number of rotatable bonds is 84. The van der Waals surface area contributed by atoms with Crippen LogP contribution in [0.5, 0.6) is 0 Å². The fourth-order valence-electron chi connectivity index (χ4n) is 13.2. The van der Waals surface area contributed by atoms with Crippen molar-refractivity contribution in [1.82, 2.24) is 0 Å². The zero-order chi connectivity index (χ0) is 76.4. The number of esters is 4. The number of carbonyl (C=O) groups excluding carboxylic acids is 4. The Bertz CT molecular complexity index is 2000. The summed E-state index contributed by atoms with van der Waals surface area (Å²) in [6.45, 7) is 9.70. The van der Waals surface area contributed by atoms with Gasteiger partial charge in [0.1, 0.15) is 19.3 Å². The lowest BCUT2D eigenvalue weighted by Gasteiger charge is -2.21. The third kappa shape index (κ3) is 76.8. The van der Waals surface area contributed by atoms with Crippen LogP contribution < -0.4 is 0 Å². The first-order valence-electron chi connectivity index (χ1n) is 44.0. The van der Waals surface area contributed by atoms with Gasteiger partial charge in [0.05, 0.1) is 26.4 Å². The van der Waals surface area contributed by atoms with Crippen LogP contribution in [-0.4, -0.2) is 96.7 Å². The topological polar surface area (TPSA) is 237 Å². The van der Waals surface area contributed by atoms with Gasteiger partial charge in [0.25, 0.3) is 0 Å². The van der Waals surface area contributed by atoms with E-state index in [4.69, 9.17) is 37.0 Å². The highest BCUT2D eigenvalue weighted by molar-refractivity contribution is 7.47. The number of hydrogen-bond donors (Lipinski definition) is 3. The predicted molar refractivity (Wildman–Crippen MR) is 428 cm³/mol. The van der Waals surface area contributed by atoms with Crippen molar-refractivity contribution in [2.45, 2.75) is 471 Å². The maximum atomic E-state index is 13.1. The molecule has 618 valence electrons. The van der Waals surface area contributed by atoms with Crippen LogP contribution in [0.1, 0.15) is 452 Å². The number of hydrogen-bond acceptors (Lipinski definition) is 15. The molecule has 0 bridgehead atoms. The van der Waals surface area contributed by atoms with Gasteiger partial charge in [-0.2, -0.15) is 0 Å². The lowest BCUT2D eigenvalue weighted by molar-refractivity contribution is -0.161. The van der Waals surface area contributed by atoms with E-state index in [1.807, 2.05) is 0 Å². The number of carbonyl (C=O) groups is 4. The standard InChI is InChI=1S/C85H166O17P2/c1-7-10-12-14-16-18-20-22-23-24-28-31-34-38-44-50-56-62-68-83(88)96-73-80(101-84(89)69-63-57-51-45-39-35-32-29-26-25-27-30-33-36-42-48-54-60-66-78(6)9-3)75-99-103(91,92)97-71-79(86)72-98-104(93,94)100-76-81(102-85(90)70-64-58-52-46-40-41-47-53-59-65-77(4)5)74-95-82(87)67-61-55-49-43-37-21-19-17-15-13-11-8-2/h77-81,86H,7-76H2,1-6H3,(H,91,92)(H,93,94)/t78?,79-,80-,81-/m1/s1. The van der Waals surface area contributed by atoms with Crippen LogP contribution in [0, 0.1) is 11.8 Å². The summed E-state index contributed by atoms with van der Waals surface area (Å²) in [6, 6.07) is 0. The van der Waals surface area contributed by atoms with E-state index in [0.717, 1.165) is 102 Å². The zero-order valence-corrected chi connectivity index (χ0v) is 70.1. The summed E-state index contributed by atoms with van der Waals surface area (Å²) in [5, 5.41) is 10.7. The highest BCUT2D eigenvalue weighted by Gasteiger charge is 2.30. The maximum absolute atomic E-state index is 13.1. The van der Waals surface area contributed by atoms with E-state index in [2.05, 4.69) is 41.5 Å². The average molecular weight is 1520 g/mol. The summed E-state index contributed by atoms with van der Waals surface area (Å²) in [5.74, 6) is -0.496. The van der Waals surface area contributed by atoms with Gasteiger partial charge in [-0.1, -0.05) is 401 Å². The molecule has 6 atom stereocenters. The minimum absolute atomic E-state index is 0.106. The van der Waals surface area contributed by atoms with Gasteiger partial charge in [0.15, 0.2) is 12.2 Å². The fraction of sp³-hybridized carbons (Fsp3) is 0.953. The van der Waals surface area contributed by atoms with Crippen LogP contribution in [-0.2, 0) is 65.4 Å². The molecule has 3 unspecified atom stereocenters.